The Morgan fingerprint density at radius 3 is 3.00 bits per heavy atom. The number of halogens is 1. The van der Waals surface area contributed by atoms with Crippen molar-refractivity contribution < 1.29 is 4.74 Å². The first kappa shape index (κ1) is 16.2. The van der Waals surface area contributed by atoms with E-state index in [0.717, 1.165) is 24.0 Å². The molecule has 0 bridgehead atoms. The van der Waals surface area contributed by atoms with Crippen LogP contribution in [0.5, 0.6) is 5.75 Å². The molecule has 2 rings (SSSR count). The van der Waals surface area contributed by atoms with Gasteiger partial charge in [-0.05, 0) is 61.7 Å². The number of thioether (sulfide) groups is 1. The second-order valence-electron chi connectivity index (χ2n) is 5.27. The summed E-state index contributed by atoms with van der Waals surface area (Å²) in [6, 6.07) is 6.81. The lowest BCUT2D eigenvalue weighted by molar-refractivity contribution is 0.413. The van der Waals surface area contributed by atoms with Gasteiger partial charge in [-0.1, -0.05) is 22.9 Å². The maximum Gasteiger partial charge on any atom is 0.119 e. The van der Waals surface area contributed by atoms with E-state index in [2.05, 4.69) is 52.1 Å². The van der Waals surface area contributed by atoms with Crippen molar-refractivity contribution in [2.24, 2.45) is 0 Å². The van der Waals surface area contributed by atoms with E-state index in [-0.39, 0.29) is 0 Å². The highest BCUT2D eigenvalue weighted by atomic mass is 79.9. The van der Waals surface area contributed by atoms with Gasteiger partial charge in [0.1, 0.15) is 5.75 Å². The molecule has 2 nitrogen and oxygen atoms in total. The molecule has 0 saturated carbocycles. The fraction of sp³-hybridized carbons (Fsp3) is 0.625. The minimum atomic E-state index is 0.561. The largest absolute Gasteiger partial charge is 0.497 e. The number of hydrogen-bond donors (Lipinski definition) is 1. The van der Waals surface area contributed by atoms with Crippen LogP contribution in [0.4, 0.5) is 0 Å². The number of benzene rings is 1. The molecule has 4 heteroatoms. The molecule has 0 aliphatic carbocycles. The Bertz CT molecular complexity index is 421. The van der Waals surface area contributed by atoms with Crippen molar-refractivity contribution in [3.05, 3.63) is 28.2 Å². The molecule has 1 aromatic carbocycles. The van der Waals surface area contributed by atoms with Gasteiger partial charge in [-0.25, -0.2) is 0 Å². The molecule has 1 fully saturated rings. The fourth-order valence-electron chi connectivity index (χ4n) is 2.66. The highest BCUT2D eigenvalue weighted by molar-refractivity contribution is 9.10. The van der Waals surface area contributed by atoms with E-state index in [4.69, 9.17) is 4.74 Å². The van der Waals surface area contributed by atoms with Crippen LogP contribution in [0.1, 0.15) is 31.7 Å². The summed E-state index contributed by atoms with van der Waals surface area (Å²) in [5, 5.41) is 4.49. The molecule has 2 atom stereocenters. The number of nitrogens with one attached hydrogen (secondary N) is 1. The molecule has 112 valence electrons. The molecule has 2 unspecified atom stereocenters. The summed E-state index contributed by atoms with van der Waals surface area (Å²) in [5.41, 5.74) is 1.34. The summed E-state index contributed by atoms with van der Waals surface area (Å²) >= 11 is 5.80. The molecule has 0 radical (unpaired) electrons. The second kappa shape index (κ2) is 8.30. The lowest BCUT2D eigenvalue weighted by Gasteiger charge is -2.25. The predicted octanol–water partition coefficient (Wildman–Crippen LogP) is 4.26. The highest BCUT2D eigenvalue weighted by Gasteiger charge is 2.25. The molecule has 1 aliphatic heterocycles. The van der Waals surface area contributed by atoms with E-state index in [1.165, 1.54) is 35.1 Å². The molecule has 1 aliphatic rings. The Kier molecular flexibility index (Phi) is 6.72. The summed E-state index contributed by atoms with van der Waals surface area (Å²) in [5.74, 6) is 2.25. The minimum Gasteiger partial charge on any atom is -0.497 e. The third kappa shape index (κ3) is 4.40. The Labute approximate surface area is 135 Å². The van der Waals surface area contributed by atoms with Gasteiger partial charge >= 0.3 is 0 Å². The zero-order valence-electron chi connectivity index (χ0n) is 12.3. The number of methoxy groups -OCH3 is 1. The molecule has 0 spiro atoms. The Morgan fingerprint density at radius 1 is 1.50 bits per heavy atom. The number of ether oxygens (including phenoxy) is 1. The van der Waals surface area contributed by atoms with Crippen LogP contribution in [0.25, 0.3) is 0 Å². The molecule has 0 aromatic heterocycles. The van der Waals surface area contributed by atoms with Gasteiger partial charge in [0.25, 0.3) is 0 Å². The van der Waals surface area contributed by atoms with Crippen molar-refractivity contribution in [3.63, 3.8) is 0 Å². The van der Waals surface area contributed by atoms with E-state index >= 15 is 0 Å². The van der Waals surface area contributed by atoms with Crippen molar-refractivity contribution in [3.8, 4) is 5.75 Å². The van der Waals surface area contributed by atoms with Gasteiger partial charge in [0.2, 0.25) is 0 Å². The average molecular weight is 358 g/mol. The molecular formula is C16H24BrNOS. The van der Waals surface area contributed by atoms with Gasteiger partial charge in [0, 0.05) is 15.8 Å². The predicted molar refractivity (Wildman–Crippen MR) is 92.0 cm³/mol. The van der Waals surface area contributed by atoms with Gasteiger partial charge in [0.05, 0.1) is 7.11 Å². The zero-order chi connectivity index (χ0) is 14.4. The van der Waals surface area contributed by atoms with Gasteiger partial charge < -0.3 is 10.1 Å². The highest BCUT2D eigenvalue weighted by Crippen LogP contribution is 2.32. The van der Waals surface area contributed by atoms with Crippen molar-refractivity contribution in [2.75, 3.05) is 19.4 Å². The van der Waals surface area contributed by atoms with Crippen LogP contribution in [0.15, 0.2) is 22.7 Å². The van der Waals surface area contributed by atoms with Gasteiger partial charge in [-0.15, -0.1) is 0 Å². The summed E-state index contributed by atoms with van der Waals surface area (Å²) in [6.45, 7) is 3.33. The molecule has 1 aromatic rings. The topological polar surface area (TPSA) is 21.3 Å². The van der Waals surface area contributed by atoms with Crippen LogP contribution >= 0.6 is 27.7 Å². The molecule has 20 heavy (non-hydrogen) atoms. The Morgan fingerprint density at radius 2 is 2.35 bits per heavy atom. The smallest absolute Gasteiger partial charge is 0.119 e. The summed E-state index contributed by atoms with van der Waals surface area (Å²) in [4.78, 5) is 0. The number of rotatable bonds is 7. The van der Waals surface area contributed by atoms with Crippen LogP contribution in [0.3, 0.4) is 0 Å². The van der Waals surface area contributed by atoms with E-state index in [0.29, 0.717) is 6.04 Å². The molecule has 1 N–H and O–H groups in total. The maximum absolute atomic E-state index is 5.35. The first-order chi connectivity index (χ1) is 9.74. The molecule has 1 saturated heterocycles. The van der Waals surface area contributed by atoms with Gasteiger partial charge in [0.15, 0.2) is 0 Å². The van der Waals surface area contributed by atoms with Gasteiger partial charge in [-0.2, -0.15) is 11.8 Å². The lowest BCUT2D eigenvalue weighted by Crippen LogP contribution is -2.39. The molecule has 0 amide bonds. The third-order valence-corrected chi connectivity index (χ3v) is 6.05. The number of hydrogen-bond acceptors (Lipinski definition) is 3. The molecule has 1 heterocycles. The monoisotopic (exact) mass is 357 g/mol. The Hall–Kier alpha value is -0.190. The summed E-state index contributed by atoms with van der Waals surface area (Å²) < 4.78 is 6.54. The maximum atomic E-state index is 5.35. The lowest BCUT2D eigenvalue weighted by atomic mass is 10.0. The normalized spacial score (nSPS) is 20.1. The van der Waals surface area contributed by atoms with Crippen LogP contribution in [0.2, 0.25) is 0 Å². The van der Waals surface area contributed by atoms with Crippen LogP contribution < -0.4 is 10.1 Å². The summed E-state index contributed by atoms with van der Waals surface area (Å²) in [6.07, 6.45) is 4.95. The van der Waals surface area contributed by atoms with Crippen molar-refractivity contribution in [1.82, 2.24) is 5.32 Å². The SMILES string of the molecule is CCCNC(Cc1cc(OC)ccc1Br)C1CCCS1. The standard InChI is InChI=1S/C16H24BrNOS/c1-3-8-18-15(16-5-4-9-20-16)11-12-10-13(19-2)6-7-14(12)17/h6-7,10,15-16,18H,3-5,8-9,11H2,1-2H3. The first-order valence-corrected chi connectivity index (χ1v) is 9.26. The van der Waals surface area contributed by atoms with E-state index in [9.17, 15) is 0 Å². The summed E-state index contributed by atoms with van der Waals surface area (Å²) in [7, 11) is 1.73. The van der Waals surface area contributed by atoms with E-state index < -0.39 is 0 Å². The van der Waals surface area contributed by atoms with E-state index in [1.54, 1.807) is 7.11 Å². The first-order valence-electron chi connectivity index (χ1n) is 7.42. The second-order valence-corrected chi connectivity index (χ2v) is 7.47. The van der Waals surface area contributed by atoms with Crippen LogP contribution in [-0.2, 0) is 6.42 Å². The van der Waals surface area contributed by atoms with Crippen molar-refractivity contribution >= 4 is 27.7 Å². The van der Waals surface area contributed by atoms with Crippen LogP contribution in [-0.4, -0.2) is 30.7 Å². The Balaban J connectivity index is 2.09. The van der Waals surface area contributed by atoms with Crippen molar-refractivity contribution in [2.45, 2.75) is 43.9 Å². The average Bonchev–Trinajstić information content (AvgIpc) is 2.99. The van der Waals surface area contributed by atoms with Crippen LogP contribution in [0, 0.1) is 0 Å². The quantitative estimate of drug-likeness (QED) is 0.787. The minimum absolute atomic E-state index is 0.561. The van der Waals surface area contributed by atoms with Gasteiger partial charge in [-0.3, -0.25) is 0 Å². The van der Waals surface area contributed by atoms with Crippen molar-refractivity contribution in [1.29, 1.82) is 0 Å². The molecular weight excluding hydrogens is 334 g/mol. The van der Waals surface area contributed by atoms with E-state index in [1.807, 2.05) is 6.07 Å². The zero-order valence-corrected chi connectivity index (χ0v) is 14.7. The fourth-order valence-corrected chi connectivity index (χ4v) is 4.46. The third-order valence-electron chi connectivity index (χ3n) is 3.76.